The number of hydrogen-bond acceptors (Lipinski definition) is 4. The second kappa shape index (κ2) is 7.31. The zero-order valence-corrected chi connectivity index (χ0v) is 11.2. The predicted molar refractivity (Wildman–Crippen MR) is 70.3 cm³/mol. The van der Waals surface area contributed by atoms with E-state index in [9.17, 15) is 0 Å². The first-order valence-electron chi connectivity index (χ1n) is 7.04. The maximum Gasteiger partial charge on any atom is 0.0593 e. The van der Waals surface area contributed by atoms with E-state index < -0.39 is 0 Å². The van der Waals surface area contributed by atoms with Crippen LogP contribution >= 0.6 is 0 Å². The smallest absolute Gasteiger partial charge is 0.0593 e. The Bertz CT molecular complexity index is 199. The number of piperazine rings is 1. The predicted octanol–water partition coefficient (Wildman–Crippen LogP) is 0.250. The highest BCUT2D eigenvalue weighted by molar-refractivity contribution is 4.70. The fourth-order valence-corrected chi connectivity index (χ4v) is 2.58. The average molecular weight is 241 g/mol. The Labute approximate surface area is 105 Å². The summed E-state index contributed by atoms with van der Waals surface area (Å²) in [6, 6.07) is 0. The molecule has 4 heteroatoms. The Morgan fingerprint density at radius 3 is 2.76 bits per heavy atom. The first-order chi connectivity index (χ1) is 8.34. The first kappa shape index (κ1) is 13.3. The van der Waals surface area contributed by atoms with Crippen molar-refractivity contribution in [1.29, 1.82) is 0 Å². The van der Waals surface area contributed by atoms with E-state index in [0.717, 1.165) is 32.2 Å². The largest absolute Gasteiger partial charge is 0.380 e. The highest BCUT2D eigenvalue weighted by Gasteiger charge is 2.15. The van der Waals surface area contributed by atoms with Gasteiger partial charge in [0.25, 0.3) is 0 Å². The molecule has 2 aliphatic rings. The van der Waals surface area contributed by atoms with Crippen molar-refractivity contribution in [3.05, 3.63) is 0 Å². The Hall–Kier alpha value is -0.160. The molecule has 4 nitrogen and oxygen atoms in total. The zero-order valence-electron chi connectivity index (χ0n) is 11.2. The second-order valence-electron chi connectivity index (χ2n) is 5.43. The number of piperidine rings is 1. The van der Waals surface area contributed by atoms with Crippen molar-refractivity contribution in [2.24, 2.45) is 5.92 Å². The summed E-state index contributed by atoms with van der Waals surface area (Å²) in [5.74, 6) is 0.747. The highest BCUT2D eigenvalue weighted by Crippen LogP contribution is 2.09. The Morgan fingerprint density at radius 1 is 1.24 bits per heavy atom. The van der Waals surface area contributed by atoms with Gasteiger partial charge in [-0.25, -0.2) is 0 Å². The fraction of sp³-hybridized carbons (Fsp3) is 1.00. The molecule has 1 unspecified atom stereocenters. The quantitative estimate of drug-likeness (QED) is 0.698. The van der Waals surface area contributed by atoms with E-state index in [-0.39, 0.29) is 0 Å². The molecular formula is C13H27N3O. The maximum atomic E-state index is 5.81. The van der Waals surface area contributed by atoms with E-state index in [0.29, 0.717) is 0 Å². The minimum Gasteiger partial charge on any atom is -0.380 e. The first-order valence-corrected chi connectivity index (χ1v) is 7.04. The van der Waals surface area contributed by atoms with Crippen LogP contribution in [-0.2, 0) is 4.74 Å². The van der Waals surface area contributed by atoms with Crippen LogP contribution in [0, 0.1) is 5.92 Å². The minimum absolute atomic E-state index is 0.747. The lowest BCUT2D eigenvalue weighted by atomic mass is 10.0. The third-order valence-corrected chi connectivity index (χ3v) is 3.90. The van der Waals surface area contributed by atoms with Crippen molar-refractivity contribution in [3.63, 3.8) is 0 Å². The lowest BCUT2D eigenvalue weighted by Crippen LogP contribution is -2.45. The van der Waals surface area contributed by atoms with Gasteiger partial charge in [0, 0.05) is 39.3 Å². The number of ether oxygens (including phenoxy) is 1. The van der Waals surface area contributed by atoms with Gasteiger partial charge in [0.2, 0.25) is 0 Å². The summed E-state index contributed by atoms with van der Waals surface area (Å²) < 4.78 is 5.81. The molecule has 1 N–H and O–H groups in total. The topological polar surface area (TPSA) is 27.7 Å². The van der Waals surface area contributed by atoms with Gasteiger partial charge in [0.1, 0.15) is 0 Å². The Balaban J connectivity index is 1.48. The van der Waals surface area contributed by atoms with Crippen molar-refractivity contribution in [2.75, 3.05) is 66.1 Å². The Morgan fingerprint density at radius 2 is 2.06 bits per heavy atom. The molecule has 100 valence electrons. The summed E-state index contributed by atoms with van der Waals surface area (Å²) >= 11 is 0. The number of hydrogen-bond donors (Lipinski definition) is 1. The number of nitrogens with zero attached hydrogens (tertiary/aromatic N) is 2. The zero-order chi connectivity index (χ0) is 11.9. The molecule has 2 rings (SSSR count). The molecule has 2 aliphatic heterocycles. The van der Waals surface area contributed by atoms with E-state index >= 15 is 0 Å². The van der Waals surface area contributed by atoms with Gasteiger partial charge in [-0.05, 0) is 32.4 Å². The summed E-state index contributed by atoms with van der Waals surface area (Å²) in [6.07, 6.45) is 2.65. The van der Waals surface area contributed by atoms with Gasteiger partial charge in [-0.1, -0.05) is 0 Å². The van der Waals surface area contributed by atoms with Crippen LogP contribution in [0.4, 0.5) is 0 Å². The van der Waals surface area contributed by atoms with Crippen LogP contribution in [0.25, 0.3) is 0 Å². The molecule has 0 saturated carbocycles. The van der Waals surface area contributed by atoms with E-state index in [2.05, 4.69) is 22.2 Å². The summed E-state index contributed by atoms with van der Waals surface area (Å²) in [5, 5.41) is 3.43. The summed E-state index contributed by atoms with van der Waals surface area (Å²) in [4.78, 5) is 4.91. The monoisotopic (exact) mass is 241 g/mol. The van der Waals surface area contributed by atoms with Crippen LogP contribution in [0.5, 0.6) is 0 Å². The van der Waals surface area contributed by atoms with Crippen LogP contribution in [0.2, 0.25) is 0 Å². The molecule has 2 heterocycles. The standard InChI is InChI=1S/C13H27N3O/c1-15-5-7-16(8-6-15)9-10-17-12-13-3-2-4-14-11-13/h13-14H,2-12H2,1H3. The lowest BCUT2D eigenvalue weighted by Gasteiger charge is -2.32. The number of rotatable bonds is 5. The van der Waals surface area contributed by atoms with Crippen LogP contribution in [-0.4, -0.2) is 75.9 Å². The van der Waals surface area contributed by atoms with Crippen molar-refractivity contribution in [3.8, 4) is 0 Å². The third kappa shape index (κ3) is 4.92. The Kier molecular flexibility index (Phi) is 5.71. The van der Waals surface area contributed by atoms with Crippen LogP contribution < -0.4 is 5.32 Å². The molecule has 0 radical (unpaired) electrons. The van der Waals surface area contributed by atoms with Gasteiger partial charge >= 0.3 is 0 Å². The van der Waals surface area contributed by atoms with Crippen molar-refractivity contribution in [1.82, 2.24) is 15.1 Å². The van der Waals surface area contributed by atoms with Crippen LogP contribution in [0.3, 0.4) is 0 Å². The van der Waals surface area contributed by atoms with Gasteiger partial charge in [0.05, 0.1) is 13.2 Å². The van der Waals surface area contributed by atoms with Gasteiger partial charge in [-0.2, -0.15) is 0 Å². The van der Waals surface area contributed by atoms with Gasteiger partial charge in [0.15, 0.2) is 0 Å². The molecule has 17 heavy (non-hydrogen) atoms. The molecular weight excluding hydrogens is 214 g/mol. The molecule has 0 spiro atoms. The molecule has 0 amide bonds. The normalized spacial score (nSPS) is 28.4. The molecule has 2 fully saturated rings. The summed E-state index contributed by atoms with van der Waals surface area (Å²) in [6.45, 7) is 10.1. The molecule has 0 aromatic heterocycles. The number of nitrogens with one attached hydrogen (secondary N) is 1. The highest BCUT2D eigenvalue weighted by atomic mass is 16.5. The van der Waals surface area contributed by atoms with E-state index in [4.69, 9.17) is 4.74 Å². The van der Waals surface area contributed by atoms with Gasteiger partial charge in [-0.3, -0.25) is 4.90 Å². The summed E-state index contributed by atoms with van der Waals surface area (Å²) in [7, 11) is 2.20. The van der Waals surface area contributed by atoms with E-state index in [1.54, 1.807) is 0 Å². The van der Waals surface area contributed by atoms with Crippen molar-refractivity contribution < 1.29 is 4.74 Å². The molecule has 0 aromatic rings. The van der Waals surface area contributed by atoms with Crippen molar-refractivity contribution in [2.45, 2.75) is 12.8 Å². The average Bonchev–Trinajstić information content (AvgIpc) is 2.38. The van der Waals surface area contributed by atoms with E-state index in [1.807, 2.05) is 0 Å². The fourth-order valence-electron chi connectivity index (χ4n) is 2.58. The maximum absolute atomic E-state index is 5.81. The van der Waals surface area contributed by atoms with Crippen LogP contribution in [0.1, 0.15) is 12.8 Å². The van der Waals surface area contributed by atoms with Gasteiger partial charge < -0.3 is 15.0 Å². The summed E-state index contributed by atoms with van der Waals surface area (Å²) in [5.41, 5.74) is 0. The van der Waals surface area contributed by atoms with E-state index in [1.165, 1.54) is 45.6 Å². The molecule has 1 atom stereocenters. The van der Waals surface area contributed by atoms with Gasteiger partial charge in [-0.15, -0.1) is 0 Å². The van der Waals surface area contributed by atoms with Crippen LogP contribution in [0.15, 0.2) is 0 Å². The second-order valence-corrected chi connectivity index (χ2v) is 5.43. The third-order valence-electron chi connectivity index (χ3n) is 3.90. The SMILES string of the molecule is CN1CCN(CCOCC2CCCNC2)CC1. The molecule has 2 saturated heterocycles. The molecule has 0 aromatic carbocycles. The molecule has 0 aliphatic carbocycles. The lowest BCUT2D eigenvalue weighted by molar-refractivity contribution is 0.0582. The number of likely N-dealkylation sites (N-methyl/N-ethyl adjacent to an activating group) is 1. The minimum atomic E-state index is 0.747. The molecule has 0 bridgehead atoms. The van der Waals surface area contributed by atoms with Crippen molar-refractivity contribution >= 4 is 0 Å².